The van der Waals surface area contributed by atoms with E-state index in [9.17, 15) is 17.6 Å². The minimum absolute atomic E-state index is 0.241. The molecule has 7 nitrogen and oxygen atoms in total. The van der Waals surface area contributed by atoms with E-state index in [1.165, 1.54) is 30.3 Å². The van der Waals surface area contributed by atoms with Crippen molar-refractivity contribution in [3.8, 4) is 11.5 Å². The molecule has 1 amide bonds. The molecule has 26 heavy (non-hydrogen) atoms. The van der Waals surface area contributed by atoms with Gasteiger partial charge in [0.2, 0.25) is 15.9 Å². The second-order valence-corrected chi connectivity index (χ2v) is 7.56. The highest BCUT2D eigenvalue weighted by Gasteiger charge is 2.23. The highest BCUT2D eigenvalue weighted by Crippen LogP contribution is 2.34. The smallest absolute Gasteiger partial charge is 0.245 e. The van der Waals surface area contributed by atoms with Gasteiger partial charge in [0.15, 0.2) is 11.5 Å². The van der Waals surface area contributed by atoms with E-state index < -0.39 is 28.3 Å². The molecule has 2 aromatic carbocycles. The summed E-state index contributed by atoms with van der Waals surface area (Å²) in [7, 11) is -3.74. The van der Waals surface area contributed by atoms with Crippen LogP contribution in [0.15, 0.2) is 42.5 Å². The quantitative estimate of drug-likeness (QED) is 0.858. The van der Waals surface area contributed by atoms with Crippen molar-refractivity contribution in [3.63, 3.8) is 0 Å². The van der Waals surface area contributed by atoms with Gasteiger partial charge in [-0.05, 0) is 30.3 Å². The molecule has 0 aromatic heterocycles. The first-order valence-corrected chi connectivity index (χ1v) is 9.60. The molecule has 0 atom stereocenters. The molecule has 0 saturated carbocycles. The SMILES string of the molecule is CS(=O)(=O)N(CC(=O)Nc1cccc(F)c1)c1ccc2c(c1)OCCO2. The van der Waals surface area contributed by atoms with Gasteiger partial charge < -0.3 is 14.8 Å². The molecular weight excluding hydrogens is 363 g/mol. The Bertz CT molecular complexity index is 933. The van der Waals surface area contributed by atoms with E-state index in [4.69, 9.17) is 9.47 Å². The van der Waals surface area contributed by atoms with Crippen LogP contribution in [0.2, 0.25) is 0 Å². The lowest BCUT2D eigenvalue weighted by Crippen LogP contribution is -2.37. The summed E-state index contributed by atoms with van der Waals surface area (Å²) in [4.78, 5) is 12.2. The number of carbonyl (C=O) groups excluding carboxylic acids is 1. The molecular formula is C17H17FN2O5S. The van der Waals surface area contributed by atoms with Crippen LogP contribution in [0, 0.1) is 5.82 Å². The molecule has 0 radical (unpaired) electrons. The molecule has 1 heterocycles. The third kappa shape index (κ3) is 4.23. The molecule has 0 bridgehead atoms. The summed E-state index contributed by atoms with van der Waals surface area (Å²) in [5, 5.41) is 2.48. The minimum Gasteiger partial charge on any atom is -0.486 e. The van der Waals surface area contributed by atoms with Crippen molar-refractivity contribution in [1.29, 1.82) is 0 Å². The number of carbonyl (C=O) groups is 1. The van der Waals surface area contributed by atoms with E-state index >= 15 is 0 Å². The standard InChI is InChI=1S/C17H17FN2O5S/c1-26(22,23)20(11-17(21)19-13-4-2-3-12(18)9-13)14-5-6-15-16(10-14)25-8-7-24-15/h2-6,9-10H,7-8,11H2,1H3,(H,19,21). The monoisotopic (exact) mass is 380 g/mol. The van der Waals surface area contributed by atoms with Crippen LogP contribution in [0.1, 0.15) is 0 Å². The van der Waals surface area contributed by atoms with Crippen LogP contribution >= 0.6 is 0 Å². The van der Waals surface area contributed by atoms with Crippen LogP contribution in [-0.2, 0) is 14.8 Å². The normalized spacial score (nSPS) is 13.2. The number of rotatable bonds is 5. The average Bonchev–Trinajstić information content (AvgIpc) is 2.58. The molecule has 0 spiro atoms. The molecule has 1 N–H and O–H groups in total. The third-order valence-electron chi connectivity index (χ3n) is 3.61. The number of nitrogens with one attached hydrogen (secondary N) is 1. The number of halogens is 1. The number of benzene rings is 2. The molecule has 0 saturated heterocycles. The van der Waals surface area contributed by atoms with Crippen LogP contribution in [0.3, 0.4) is 0 Å². The van der Waals surface area contributed by atoms with Gasteiger partial charge in [0.1, 0.15) is 25.6 Å². The fourth-order valence-corrected chi connectivity index (χ4v) is 3.33. The lowest BCUT2D eigenvalue weighted by Gasteiger charge is -2.24. The van der Waals surface area contributed by atoms with Crippen LogP contribution in [0.5, 0.6) is 11.5 Å². The Morgan fingerprint density at radius 3 is 2.58 bits per heavy atom. The Balaban J connectivity index is 1.82. The average molecular weight is 380 g/mol. The molecule has 1 aliphatic heterocycles. The Morgan fingerprint density at radius 1 is 1.15 bits per heavy atom. The number of amides is 1. The summed E-state index contributed by atoms with van der Waals surface area (Å²) in [6.07, 6.45) is 0.999. The largest absolute Gasteiger partial charge is 0.486 e. The van der Waals surface area contributed by atoms with Crippen molar-refractivity contribution in [2.75, 3.05) is 35.6 Å². The fraction of sp³-hybridized carbons (Fsp3) is 0.235. The predicted octanol–water partition coefficient (Wildman–Crippen LogP) is 2.00. The number of fused-ring (bicyclic) bond motifs is 1. The highest BCUT2D eigenvalue weighted by molar-refractivity contribution is 7.92. The zero-order valence-electron chi connectivity index (χ0n) is 13.9. The van der Waals surface area contributed by atoms with Gasteiger partial charge in [0.05, 0.1) is 11.9 Å². The number of hydrogen-bond acceptors (Lipinski definition) is 5. The topological polar surface area (TPSA) is 84.9 Å². The minimum atomic E-state index is -3.74. The molecule has 3 rings (SSSR count). The molecule has 0 fully saturated rings. The van der Waals surface area contributed by atoms with Crippen molar-refractivity contribution < 1.29 is 27.1 Å². The number of sulfonamides is 1. The van der Waals surface area contributed by atoms with Gasteiger partial charge in [-0.1, -0.05) is 6.07 Å². The molecule has 0 aliphatic carbocycles. The lowest BCUT2D eigenvalue weighted by atomic mass is 10.2. The summed E-state index contributed by atoms with van der Waals surface area (Å²) in [5.41, 5.74) is 0.511. The predicted molar refractivity (Wildman–Crippen MR) is 94.7 cm³/mol. The van der Waals surface area contributed by atoms with E-state index in [1.807, 2.05) is 0 Å². The fourth-order valence-electron chi connectivity index (χ4n) is 2.48. The summed E-state index contributed by atoms with van der Waals surface area (Å²) in [5.74, 6) is -0.184. The first-order chi connectivity index (χ1) is 12.3. The summed E-state index contributed by atoms with van der Waals surface area (Å²) < 4.78 is 49.3. The molecule has 1 aliphatic rings. The molecule has 0 unspecified atom stereocenters. The van der Waals surface area contributed by atoms with Gasteiger partial charge in [0, 0.05) is 11.8 Å². The van der Waals surface area contributed by atoms with E-state index in [2.05, 4.69) is 5.32 Å². The van der Waals surface area contributed by atoms with Gasteiger partial charge in [-0.25, -0.2) is 12.8 Å². The molecule has 138 valence electrons. The Kier molecular flexibility index (Phi) is 4.99. The first-order valence-electron chi connectivity index (χ1n) is 7.76. The van der Waals surface area contributed by atoms with Gasteiger partial charge in [-0.15, -0.1) is 0 Å². The van der Waals surface area contributed by atoms with Gasteiger partial charge in [-0.3, -0.25) is 9.10 Å². The van der Waals surface area contributed by atoms with Crippen LogP contribution < -0.4 is 19.1 Å². The van der Waals surface area contributed by atoms with Crippen LogP contribution in [0.4, 0.5) is 15.8 Å². The zero-order chi connectivity index (χ0) is 18.7. The van der Waals surface area contributed by atoms with Crippen molar-refractivity contribution in [3.05, 3.63) is 48.3 Å². The Hall–Kier alpha value is -2.81. The van der Waals surface area contributed by atoms with Crippen molar-refractivity contribution in [2.45, 2.75) is 0 Å². The van der Waals surface area contributed by atoms with E-state index in [-0.39, 0.29) is 11.4 Å². The van der Waals surface area contributed by atoms with E-state index in [0.29, 0.717) is 24.7 Å². The van der Waals surface area contributed by atoms with Gasteiger partial charge in [0.25, 0.3) is 0 Å². The number of anilines is 2. The van der Waals surface area contributed by atoms with Crippen molar-refractivity contribution in [1.82, 2.24) is 0 Å². The molecule has 2 aromatic rings. The lowest BCUT2D eigenvalue weighted by molar-refractivity contribution is -0.114. The van der Waals surface area contributed by atoms with E-state index in [0.717, 1.165) is 16.6 Å². The van der Waals surface area contributed by atoms with E-state index in [1.54, 1.807) is 6.07 Å². The Labute approximate surface area is 150 Å². The third-order valence-corrected chi connectivity index (χ3v) is 4.75. The molecule has 9 heteroatoms. The maximum Gasteiger partial charge on any atom is 0.245 e. The maximum absolute atomic E-state index is 13.2. The second-order valence-electron chi connectivity index (χ2n) is 5.66. The van der Waals surface area contributed by atoms with Gasteiger partial charge in [-0.2, -0.15) is 0 Å². The zero-order valence-corrected chi connectivity index (χ0v) is 14.8. The maximum atomic E-state index is 13.2. The summed E-state index contributed by atoms with van der Waals surface area (Å²) in [6.45, 7) is 0.308. The Morgan fingerprint density at radius 2 is 1.88 bits per heavy atom. The number of ether oxygens (including phenoxy) is 2. The first kappa shape index (κ1) is 18.0. The summed E-state index contributed by atoms with van der Waals surface area (Å²) >= 11 is 0. The summed E-state index contributed by atoms with van der Waals surface area (Å²) in [6, 6.07) is 9.97. The second kappa shape index (κ2) is 7.20. The number of nitrogens with zero attached hydrogens (tertiary/aromatic N) is 1. The van der Waals surface area contributed by atoms with Gasteiger partial charge >= 0.3 is 0 Å². The highest BCUT2D eigenvalue weighted by atomic mass is 32.2. The number of hydrogen-bond donors (Lipinski definition) is 1. The van der Waals surface area contributed by atoms with Crippen molar-refractivity contribution >= 4 is 27.3 Å². The van der Waals surface area contributed by atoms with Crippen LogP contribution in [0.25, 0.3) is 0 Å². The van der Waals surface area contributed by atoms with Crippen molar-refractivity contribution in [2.24, 2.45) is 0 Å². The van der Waals surface area contributed by atoms with Crippen LogP contribution in [-0.4, -0.2) is 40.3 Å².